The van der Waals surface area contributed by atoms with Gasteiger partial charge in [-0.3, -0.25) is 14.4 Å². The smallest absolute Gasteiger partial charge is 0.227 e. The molecule has 0 radical (unpaired) electrons. The number of rotatable bonds is 0. The van der Waals surface area contributed by atoms with Crippen LogP contribution in [0.4, 0.5) is 0 Å². The lowest BCUT2D eigenvalue weighted by Crippen LogP contribution is -2.68. The van der Waals surface area contributed by atoms with Crippen LogP contribution in [-0.2, 0) is 61.4 Å². The van der Waals surface area contributed by atoms with Crippen molar-refractivity contribution in [3.63, 3.8) is 0 Å². The van der Waals surface area contributed by atoms with Gasteiger partial charge in [0.25, 0.3) is 0 Å². The average molecular weight is 1130 g/mol. The molecule has 452 valence electrons. The highest BCUT2D eigenvalue weighted by Crippen LogP contribution is 2.75. The van der Waals surface area contributed by atoms with Crippen LogP contribution in [0.5, 0.6) is 5.75 Å². The molecule has 4 aromatic rings. The highest BCUT2D eigenvalue weighted by Gasteiger charge is 2.74. The maximum Gasteiger partial charge on any atom is 0.227 e. The minimum atomic E-state index is -0.496. The Morgan fingerprint density at radius 2 is 0.940 bits per heavy atom. The van der Waals surface area contributed by atoms with Crippen LogP contribution in [-0.4, -0.2) is 40.8 Å². The number of hydrogen-bond acceptors (Lipinski definition) is 6. The van der Waals surface area contributed by atoms with E-state index >= 15 is 0 Å². The first-order valence-electron chi connectivity index (χ1n) is 31.6. The van der Waals surface area contributed by atoms with Gasteiger partial charge in [0.15, 0.2) is 0 Å². The molecule has 1 saturated heterocycles. The average Bonchev–Trinajstić information content (AvgIpc) is 1.69. The third-order valence-corrected chi connectivity index (χ3v) is 24.0. The predicted molar refractivity (Wildman–Crippen MR) is 338 cm³/mol. The van der Waals surface area contributed by atoms with E-state index in [1.807, 2.05) is 30.3 Å². The lowest BCUT2D eigenvalue weighted by atomic mass is 9.36. The molecule has 3 heterocycles. The number of benzene rings is 4. The number of hydrogen-bond donors (Lipinski definition) is 2. The molecule has 0 aromatic heterocycles. The standard InChI is InChI=1S/C18H26O2.C16H22O.C16H20O.C15H20O.C11H19NO/c1-16(2,3)18(17(4,5)6)12-14(19)11-13-9-7-8-10-15(13)20-18;2*1-14(2)10-15(3,4)16(14)12-8-6-5-7-11(12)9-13(16)17;1-13(2)10-14(3,4)15(13)12-8-6-5-7-11(12)9-16-15;1-9(2)7-10(3,4)11(9)5-6-12-8(11)13/h7-10H,11-12H2,1-6H3;5-8,13,17H,9-10H2,1-4H3;5-8H,9-10H2,1-4H3;5-8H,9-10H2,1-4H3;5-7H2,1-4H3,(H,12,13). The third-order valence-electron chi connectivity index (χ3n) is 24.0. The molecule has 1 amide bonds. The topological polar surface area (TPSA) is 102 Å². The van der Waals surface area contributed by atoms with Crippen molar-refractivity contribution in [3.05, 3.63) is 136 Å². The monoisotopic (exact) mass is 1130 g/mol. The first-order valence-corrected chi connectivity index (χ1v) is 31.6. The zero-order valence-electron chi connectivity index (χ0n) is 55.6. The summed E-state index contributed by atoms with van der Waals surface area (Å²) in [7, 11) is 0. The SMILES string of the molecule is CC(C)(C)C1(C(C)(C)C)CC(=O)Cc2ccccc2O1.CC1(C)CC(C)(C)C12C(=O)Cc1ccccc12.CC1(C)CC(C)(C)C12CCNC2=O.CC1(C)CC(C)(C)C12OCc1ccccc12.CC1(C)CC(C)(C)C12c1ccccc1CC2O. The second-order valence-corrected chi connectivity index (χ2v) is 34.4. The molecule has 0 bridgehead atoms. The number of ether oxygens (including phenoxy) is 2. The summed E-state index contributed by atoms with van der Waals surface area (Å²) < 4.78 is 12.8. The molecule has 7 heteroatoms. The van der Waals surface area contributed by atoms with Gasteiger partial charge in [0.05, 0.1) is 23.5 Å². The van der Waals surface area contributed by atoms with E-state index in [9.17, 15) is 19.5 Å². The van der Waals surface area contributed by atoms with Crippen LogP contribution in [0.1, 0.15) is 230 Å². The molecule has 13 rings (SSSR count). The Hall–Kier alpha value is -4.59. The summed E-state index contributed by atoms with van der Waals surface area (Å²) in [5, 5.41) is 13.7. The van der Waals surface area contributed by atoms with Gasteiger partial charge in [-0.25, -0.2) is 0 Å². The molecule has 1 atom stereocenters. The summed E-state index contributed by atoms with van der Waals surface area (Å²) in [4.78, 5) is 37.0. The molecule has 5 fully saturated rings. The van der Waals surface area contributed by atoms with Crippen LogP contribution in [0.3, 0.4) is 0 Å². The Balaban J connectivity index is 0.000000125. The van der Waals surface area contributed by atoms with Gasteiger partial charge < -0.3 is 19.9 Å². The zero-order chi connectivity index (χ0) is 61.6. The molecule has 1 unspecified atom stereocenters. The number of amides is 1. The maximum absolute atomic E-state index is 12.7. The van der Waals surface area contributed by atoms with E-state index in [0.29, 0.717) is 25.0 Å². The van der Waals surface area contributed by atoms with Gasteiger partial charge in [-0.1, -0.05) is 243 Å². The van der Waals surface area contributed by atoms with E-state index in [2.05, 4.69) is 224 Å². The van der Waals surface area contributed by atoms with Crippen molar-refractivity contribution in [3.8, 4) is 5.75 Å². The van der Waals surface area contributed by atoms with Crippen LogP contribution in [0.25, 0.3) is 0 Å². The van der Waals surface area contributed by atoms with Gasteiger partial charge in [0.1, 0.15) is 28.5 Å². The van der Waals surface area contributed by atoms with Gasteiger partial charge in [-0.05, 0) is 121 Å². The highest BCUT2D eigenvalue weighted by atomic mass is 16.5. The van der Waals surface area contributed by atoms with Crippen molar-refractivity contribution >= 4 is 17.5 Å². The predicted octanol–water partition coefficient (Wildman–Crippen LogP) is 17.0. The van der Waals surface area contributed by atoms with Gasteiger partial charge in [0, 0.05) is 47.6 Å². The number of para-hydroxylation sites is 1. The van der Waals surface area contributed by atoms with Crippen molar-refractivity contribution in [2.75, 3.05) is 6.54 Å². The van der Waals surface area contributed by atoms with Gasteiger partial charge in [0.2, 0.25) is 5.91 Å². The second kappa shape index (κ2) is 19.7. The molecular formula is C76H107NO6. The Morgan fingerprint density at radius 3 is 1.41 bits per heavy atom. The van der Waals surface area contributed by atoms with Crippen LogP contribution in [0.15, 0.2) is 97.1 Å². The van der Waals surface area contributed by atoms with E-state index < -0.39 is 5.60 Å². The summed E-state index contributed by atoms with van der Waals surface area (Å²) in [6.45, 7) is 51.1. The number of Topliss-reactive ketones (excluding diaryl/α,β-unsaturated/α-hetero) is 2. The highest BCUT2D eigenvalue weighted by molar-refractivity contribution is 5.99. The Morgan fingerprint density at radius 1 is 0.494 bits per heavy atom. The second-order valence-electron chi connectivity index (χ2n) is 34.4. The zero-order valence-corrected chi connectivity index (χ0v) is 55.6. The Bertz CT molecular complexity index is 3110. The molecule has 4 aromatic carbocycles. The minimum absolute atomic E-state index is 0.0450. The van der Waals surface area contributed by atoms with Gasteiger partial charge in [-0.15, -0.1) is 0 Å². The molecule has 9 aliphatic rings. The molecule has 83 heavy (non-hydrogen) atoms. The fourth-order valence-corrected chi connectivity index (χ4v) is 22.8. The number of aliphatic hydroxyl groups excluding tert-OH is 1. The lowest BCUT2D eigenvalue weighted by Gasteiger charge is -2.68. The summed E-state index contributed by atoms with van der Waals surface area (Å²) >= 11 is 0. The number of fused-ring (bicyclic) bond motifs is 7. The largest absolute Gasteiger partial charge is 0.485 e. The van der Waals surface area contributed by atoms with Gasteiger partial charge >= 0.3 is 0 Å². The van der Waals surface area contributed by atoms with Crippen molar-refractivity contribution in [1.29, 1.82) is 0 Å². The van der Waals surface area contributed by atoms with E-state index in [-0.39, 0.29) is 93.8 Å². The number of carbonyl (C=O) groups excluding carboxylic acids is 3. The molecular weight excluding hydrogens is 1020 g/mol. The normalized spacial score (nSPS) is 26.8. The summed E-state index contributed by atoms with van der Waals surface area (Å²) in [6, 6.07) is 33.6. The number of carbonyl (C=O) groups is 3. The van der Waals surface area contributed by atoms with E-state index in [1.165, 1.54) is 46.2 Å². The van der Waals surface area contributed by atoms with Crippen LogP contribution in [0.2, 0.25) is 0 Å². The molecule has 2 N–H and O–H groups in total. The summed E-state index contributed by atoms with van der Waals surface area (Å²) in [6.07, 6.45) is 7.89. The summed E-state index contributed by atoms with van der Waals surface area (Å²) in [5.74, 6) is 1.84. The minimum Gasteiger partial charge on any atom is -0.485 e. The molecule has 7 nitrogen and oxygen atoms in total. The molecule has 4 spiro atoms. The number of aliphatic hydroxyl groups is 1. The van der Waals surface area contributed by atoms with Crippen molar-refractivity contribution in [2.45, 2.75) is 245 Å². The number of nitrogens with one attached hydrogen (secondary N) is 1. The van der Waals surface area contributed by atoms with Crippen LogP contribution < -0.4 is 10.1 Å². The van der Waals surface area contributed by atoms with Crippen LogP contribution in [0, 0.1) is 59.6 Å². The summed E-state index contributed by atoms with van der Waals surface area (Å²) in [5.41, 5.74) is 9.40. The fraction of sp³-hybridized carbons (Fsp3) is 0.645. The Kier molecular flexibility index (Phi) is 14.9. The van der Waals surface area contributed by atoms with Crippen molar-refractivity contribution < 1.29 is 29.0 Å². The van der Waals surface area contributed by atoms with E-state index in [0.717, 1.165) is 50.1 Å². The molecule has 4 saturated carbocycles. The lowest BCUT2D eigenvalue weighted by molar-refractivity contribution is -0.277. The van der Waals surface area contributed by atoms with Gasteiger partial charge in [-0.2, -0.15) is 0 Å². The number of ketones is 2. The Labute approximate surface area is 502 Å². The van der Waals surface area contributed by atoms with E-state index in [4.69, 9.17) is 9.47 Å². The first-order chi connectivity index (χ1) is 38.0. The van der Waals surface area contributed by atoms with Crippen molar-refractivity contribution in [2.24, 2.45) is 59.6 Å². The quantitative estimate of drug-likeness (QED) is 0.182. The maximum atomic E-state index is 12.7. The molecule has 3 aliphatic heterocycles. The van der Waals surface area contributed by atoms with Crippen LogP contribution >= 0.6 is 0 Å². The third kappa shape index (κ3) is 8.74. The van der Waals surface area contributed by atoms with E-state index in [1.54, 1.807) is 0 Å². The fourth-order valence-electron chi connectivity index (χ4n) is 22.8. The first kappa shape index (κ1) is 62.9. The molecule has 6 aliphatic carbocycles. The van der Waals surface area contributed by atoms with Crippen molar-refractivity contribution in [1.82, 2.24) is 5.32 Å².